The third kappa shape index (κ3) is 6.68. The molecule has 0 aliphatic rings. The highest BCUT2D eigenvalue weighted by molar-refractivity contribution is 6.00. The Morgan fingerprint density at radius 1 is 1.04 bits per heavy atom. The molecule has 1 atom stereocenters. The number of carbonyl (C=O) groups is 3. The molecule has 0 spiro atoms. The Hall–Kier alpha value is -2.89. The standard InChI is InChI=1S/C22H28N2O4/c1-22(2,3)12-13-23-21(28)18(10-11-19(25)26)24-20(27)17-9-8-15-6-4-5-7-16(15)14-17/h4-9,14,18H,10-13H2,1-3H3,(H,23,28)(H,24,27)(H,25,26)/t18-/m1/s1. The minimum atomic E-state index is -1.01. The van der Waals surface area contributed by atoms with Crippen LogP contribution in [0.5, 0.6) is 0 Å². The molecule has 2 amide bonds. The molecule has 6 nitrogen and oxygen atoms in total. The molecule has 0 aromatic heterocycles. The molecular weight excluding hydrogens is 356 g/mol. The van der Waals surface area contributed by atoms with Crippen LogP contribution in [0.1, 0.15) is 50.4 Å². The first-order valence-corrected chi connectivity index (χ1v) is 9.45. The maximum atomic E-state index is 12.6. The molecule has 2 aromatic carbocycles. The van der Waals surface area contributed by atoms with Gasteiger partial charge in [0.05, 0.1) is 0 Å². The SMILES string of the molecule is CC(C)(C)CCNC(=O)[C@@H](CCC(=O)O)NC(=O)c1ccc2ccccc2c1. The second-order valence-electron chi connectivity index (χ2n) is 8.12. The number of carboxylic acids is 1. The van der Waals surface area contributed by atoms with E-state index < -0.39 is 17.9 Å². The normalized spacial score (nSPS) is 12.4. The van der Waals surface area contributed by atoms with Gasteiger partial charge in [0.15, 0.2) is 0 Å². The minimum absolute atomic E-state index is 0.0377. The fourth-order valence-electron chi connectivity index (χ4n) is 2.79. The van der Waals surface area contributed by atoms with E-state index in [-0.39, 0.29) is 24.2 Å². The summed E-state index contributed by atoms with van der Waals surface area (Å²) >= 11 is 0. The topological polar surface area (TPSA) is 95.5 Å². The Morgan fingerprint density at radius 3 is 2.36 bits per heavy atom. The number of nitrogens with one attached hydrogen (secondary N) is 2. The van der Waals surface area contributed by atoms with Gasteiger partial charge in [0.25, 0.3) is 5.91 Å². The van der Waals surface area contributed by atoms with Gasteiger partial charge >= 0.3 is 5.97 Å². The number of carbonyl (C=O) groups excluding carboxylic acids is 2. The van der Waals surface area contributed by atoms with Crippen molar-refractivity contribution < 1.29 is 19.5 Å². The summed E-state index contributed by atoms with van der Waals surface area (Å²) in [5, 5.41) is 16.4. The Bertz CT molecular complexity index is 855. The van der Waals surface area contributed by atoms with Crippen molar-refractivity contribution >= 4 is 28.6 Å². The van der Waals surface area contributed by atoms with Crippen LogP contribution >= 0.6 is 0 Å². The van der Waals surface area contributed by atoms with Crippen molar-refractivity contribution in [3.05, 3.63) is 48.0 Å². The van der Waals surface area contributed by atoms with Gasteiger partial charge in [-0.15, -0.1) is 0 Å². The second-order valence-corrected chi connectivity index (χ2v) is 8.12. The van der Waals surface area contributed by atoms with Crippen LogP contribution < -0.4 is 10.6 Å². The van der Waals surface area contributed by atoms with Gasteiger partial charge < -0.3 is 15.7 Å². The molecule has 150 valence electrons. The summed E-state index contributed by atoms with van der Waals surface area (Å²) in [6.45, 7) is 6.69. The lowest BCUT2D eigenvalue weighted by Gasteiger charge is -2.21. The second kappa shape index (κ2) is 9.35. The number of rotatable bonds is 8. The Labute approximate surface area is 165 Å². The molecule has 28 heavy (non-hydrogen) atoms. The first kappa shape index (κ1) is 21.4. The van der Waals surface area contributed by atoms with E-state index in [9.17, 15) is 14.4 Å². The van der Waals surface area contributed by atoms with Crippen LogP contribution in [0.4, 0.5) is 0 Å². The van der Waals surface area contributed by atoms with E-state index in [1.165, 1.54) is 0 Å². The number of amides is 2. The van der Waals surface area contributed by atoms with E-state index in [2.05, 4.69) is 31.4 Å². The maximum Gasteiger partial charge on any atom is 0.303 e. The third-order valence-electron chi connectivity index (χ3n) is 4.45. The van der Waals surface area contributed by atoms with E-state index >= 15 is 0 Å². The molecule has 0 aliphatic carbocycles. The number of benzene rings is 2. The molecule has 0 saturated heterocycles. The van der Waals surface area contributed by atoms with E-state index in [1.807, 2.05) is 30.3 Å². The van der Waals surface area contributed by atoms with Crippen LogP contribution in [0, 0.1) is 5.41 Å². The molecule has 2 rings (SSSR count). The fourth-order valence-corrected chi connectivity index (χ4v) is 2.79. The predicted molar refractivity (Wildman–Crippen MR) is 109 cm³/mol. The van der Waals surface area contributed by atoms with Gasteiger partial charge in [-0.05, 0) is 41.2 Å². The Balaban J connectivity index is 2.07. The maximum absolute atomic E-state index is 12.6. The van der Waals surface area contributed by atoms with Crippen molar-refractivity contribution in [3.8, 4) is 0 Å². The van der Waals surface area contributed by atoms with E-state index in [1.54, 1.807) is 12.1 Å². The zero-order valence-corrected chi connectivity index (χ0v) is 16.6. The minimum Gasteiger partial charge on any atom is -0.481 e. The molecule has 0 aliphatic heterocycles. The van der Waals surface area contributed by atoms with Crippen LogP contribution in [-0.4, -0.2) is 35.5 Å². The van der Waals surface area contributed by atoms with Gasteiger partial charge in [0.2, 0.25) is 5.91 Å². The number of hydrogen-bond acceptors (Lipinski definition) is 3. The van der Waals surface area contributed by atoms with Crippen LogP contribution in [-0.2, 0) is 9.59 Å². The predicted octanol–water partition coefficient (Wildman–Crippen LogP) is 3.36. The van der Waals surface area contributed by atoms with E-state index in [4.69, 9.17) is 5.11 Å². The molecule has 0 saturated carbocycles. The summed E-state index contributed by atoms with van der Waals surface area (Å²) in [6.07, 6.45) is 0.619. The van der Waals surface area contributed by atoms with Gasteiger partial charge in [0.1, 0.15) is 6.04 Å². The summed E-state index contributed by atoms with van der Waals surface area (Å²) in [6, 6.07) is 12.1. The molecule has 0 unspecified atom stereocenters. The average Bonchev–Trinajstić information content (AvgIpc) is 2.63. The number of carboxylic acid groups (broad SMARTS) is 1. The number of fused-ring (bicyclic) bond motifs is 1. The van der Waals surface area contributed by atoms with Gasteiger partial charge in [0, 0.05) is 18.5 Å². The largest absolute Gasteiger partial charge is 0.481 e. The van der Waals surface area contributed by atoms with Crippen molar-refractivity contribution in [2.75, 3.05) is 6.54 Å². The Morgan fingerprint density at radius 2 is 1.71 bits per heavy atom. The fraction of sp³-hybridized carbons (Fsp3) is 0.409. The molecule has 3 N–H and O–H groups in total. The van der Waals surface area contributed by atoms with Crippen LogP contribution in [0.3, 0.4) is 0 Å². The van der Waals surface area contributed by atoms with Crippen LogP contribution in [0.2, 0.25) is 0 Å². The molecule has 2 aromatic rings. The lowest BCUT2D eigenvalue weighted by molar-refractivity contribution is -0.137. The highest BCUT2D eigenvalue weighted by atomic mass is 16.4. The van der Waals surface area contributed by atoms with Gasteiger partial charge in [-0.25, -0.2) is 0 Å². The quantitative estimate of drug-likeness (QED) is 0.650. The van der Waals surface area contributed by atoms with Crippen molar-refractivity contribution in [3.63, 3.8) is 0 Å². The summed E-state index contributed by atoms with van der Waals surface area (Å²) in [7, 11) is 0. The Kier molecular flexibility index (Phi) is 7.15. The highest BCUT2D eigenvalue weighted by Gasteiger charge is 2.23. The lowest BCUT2D eigenvalue weighted by Crippen LogP contribution is -2.47. The lowest BCUT2D eigenvalue weighted by atomic mass is 9.92. The highest BCUT2D eigenvalue weighted by Crippen LogP contribution is 2.17. The summed E-state index contributed by atoms with van der Waals surface area (Å²) in [5.74, 6) is -1.76. The average molecular weight is 384 g/mol. The summed E-state index contributed by atoms with van der Waals surface area (Å²) in [5.41, 5.74) is 0.500. The zero-order valence-electron chi connectivity index (χ0n) is 16.6. The third-order valence-corrected chi connectivity index (χ3v) is 4.45. The van der Waals surface area contributed by atoms with Crippen molar-refractivity contribution in [2.24, 2.45) is 5.41 Å². The molecular formula is C22H28N2O4. The zero-order chi connectivity index (χ0) is 20.7. The summed E-state index contributed by atoms with van der Waals surface area (Å²) in [4.78, 5) is 36.1. The molecule has 0 bridgehead atoms. The van der Waals surface area contributed by atoms with Crippen molar-refractivity contribution in [1.29, 1.82) is 0 Å². The number of hydrogen-bond donors (Lipinski definition) is 3. The smallest absolute Gasteiger partial charge is 0.303 e. The van der Waals surface area contributed by atoms with E-state index in [0.29, 0.717) is 12.1 Å². The molecule has 0 heterocycles. The van der Waals surface area contributed by atoms with Crippen molar-refractivity contribution in [2.45, 2.75) is 46.1 Å². The summed E-state index contributed by atoms with van der Waals surface area (Å²) < 4.78 is 0. The monoisotopic (exact) mass is 384 g/mol. The first-order chi connectivity index (χ1) is 13.2. The molecule has 0 radical (unpaired) electrons. The van der Waals surface area contributed by atoms with Crippen LogP contribution in [0.15, 0.2) is 42.5 Å². The van der Waals surface area contributed by atoms with Crippen LogP contribution in [0.25, 0.3) is 10.8 Å². The van der Waals surface area contributed by atoms with Gasteiger partial charge in [-0.3, -0.25) is 14.4 Å². The van der Waals surface area contributed by atoms with Gasteiger partial charge in [-0.2, -0.15) is 0 Å². The number of aliphatic carboxylic acids is 1. The molecule has 0 fully saturated rings. The first-order valence-electron chi connectivity index (χ1n) is 9.45. The van der Waals surface area contributed by atoms with E-state index in [0.717, 1.165) is 17.2 Å². The van der Waals surface area contributed by atoms with Gasteiger partial charge in [-0.1, -0.05) is 51.1 Å². The molecule has 6 heteroatoms. The van der Waals surface area contributed by atoms with Crippen molar-refractivity contribution in [1.82, 2.24) is 10.6 Å².